The van der Waals surface area contributed by atoms with Crippen molar-refractivity contribution in [3.05, 3.63) is 59.2 Å². The van der Waals surface area contributed by atoms with Crippen LogP contribution in [-0.4, -0.2) is 24.9 Å². The summed E-state index contributed by atoms with van der Waals surface area (Å²) in [7, 11) is 1.62. The molecular formula is C17H13N3O3. The number of nitrogens with one attached hydrogen (secondary N) is 1. The summed E-state index contributed by atoms with van der Waals surface area (Å²) in [6, 6.07) is 11.8. The fourth-order valence-corrected chi connectivity index (χ4v) is 3.09. The van der Waals surface area contributed by atoms with Gasteiger partial charge in [0.1, 0.15) is 0 Å². The number of nitrogens with zero attached hydrogens (tertiary/aromatic N) is 2. The minimum Gasteiger partial charge on any atom is -0.334 e. The SMILES string of the molecule is CN1C(=O)NCc2cccc(N3C(=O)c4ccccc4C3=O)c21. The first kappa shape index (κ1) is 13.5. The number of carbonyl (C=O) groups excluding carboxylic acids is 3. The van der Waals surface area contributed by atoms with E-state index in [4.69, 9.17) is 0 Å². The number of amides is 4. The standard InChI is InChI=1S/C17H13N3O3/c1-19-14-10(9-18-17(19)23)5-4-8-13(14)20-15(21)11-6-2-3-7-12(11)16(20)22/h2-8H,9H2,1H3,(H,18,23). The number of para-hydroxylation sites is 1. The molecule has 2 heterocycles. The third kappa shape index (κ3) is 1.78. The number of rotatable bonds is 1. The molecule has 0 aromatic heterocycles. The van der Waals surface area contributed by atoms with E-state index in [0.29, 0.717) is 29.0 Å². The quantitative estimate of drug-likeness (QED) is 0.821. The van der Waals surface area contributed by atoms with E-state index in [2.05, 4.69) is 5.32 Å². The van der Waals surface area contributed by atoms with Crippen molar-refractivity contribution in [1.82, 2.24) is 5.32 Å². The van der Waals surface area contributed by atoms with Crippen LogP contribution in [0.3, 0.4) is 0 Å². The van der Waals surface area contributed by atoms with Crippen LogP contribution in [0.15, 0.2) is 42.5 Å². The van der Waals surface area contributed by atoms with Crippen molar-refractivity contribution in [2.24, 2.45) is 0 Å². The molecule has 0 saturated carbocycles. The van der Waals surface area contributed by atoms with Crippen LogP contribution in [0.2, 0.25) is 0 Å². The summed E-state index contributed by atoms with van der Waals surface area (Å²) in [5, 5.41) is 2.74. The molecule has 0 spiro atoms. The molecule has 0 saturated heterocycles. The summed E-state index contributed by atoms with van der Waals surface area (Å²) < 4.78 is 0. The highest BCUT2D eigenvalue weighted by Gasteiger charge is 2.39. The van der Waals surface area contributed by atoms with Crippen molar-refractivity contribution in [3.63, 3.8) is 0 Å². The van der Waals surface area contributed by atoms with Gasteiger partial charge in [0, 0.05) is 13.6 Å². The molecule has 0 bridgehead atoms. The molecule has 2 aliphatic heterocycles. The Morgan fingerprint density at radius 2 is 1.57 bits per heavy atom. The van der Waals surface area contributed by atoms with Crippen molar-refractivity contribution in [2.75, 3.05) is 16.8 Å². The van der Waals surface area contributed by atoms with E-state index < -0.39 is 0 Å². The molecule has 4 rings (SSSR count). The molecule has 0 radical (unpaired) electrons. The molecule has 23 heavy (non-hydrogen) atoms. The maximum atomic E-state index is 12.7. The van der Waals surface area contributed by atoms with Gasteiger partial charge < -0.3 is 5.32 Å². The molecule has 4 amide bonds. The summed E-state index contributed by atoms with van der Waals surface area (Å²) >= 11 is 0. The highest BCUT2D eigenvalue weighted by molar-refractivity contribution is 6.35. The summed E-state index contributed by atoms with van der Waals surface area (Å²) in [6.07, 6.45) is 0. The molecule has 0 aliphatic carbocycles. The number of fused-ring (bicyclic) bond motifs is 2. The second-order valence-corrected chi connectivity index (χ2v) is 5.49. The zero-order valence-corrected chi connectivity index (χ0v) is 12.4. The van der Waals surface area contributed by atoms with Crippen LogP contribution >= 0.6 is 0 Å². The van der Waals surface area contributed by atoms with E-state index in [1.54, 1.807) is 43.4 Å². The predicted molar refractivity (Wildman–Crippen MR) is 84.7 cm³/mol. The summed E-state index contributed by atoms with van der Waals surface area (Å²) in [4.78, 5) is 39.8. The molecule has 6 heteroatoms. The van der Waals surface area contributed by atoms with Gasteiger partial charge in [-0.25, -0.2) is 9.69 Å². The molecule has 114 valence electrons. The lowest BCUT2D eigenvalue weighted by molar-refractivity contribution is 0.0926. The van der Waals surface area contributed by atoms with Gasteiger partial charge in [-0.05, 0) is 23.8 Å². The Morgan fingerprint density at radius 3 is 2.22 bits per heavy atom. The maximum absolute atomic E-state index is 12.7. The van der Waals surface area contributed by atoms with Crippen molar-refractivity contribution in [1.29, 1.82) is 0 Å². The highest BCUT2D eigenvalue weighted by atomic mass is 16.2. The van der Waals surface area contributed by atoms with Gasteiger partial charge in [0.2, 0.25) is 0 Å². The lowest BCUT2D eigenvalue weighted by atomic mass is 10.1. The van der Waals surface area contributed by atoms with Gasteiger partial charge in [0.25, 0.3) is 11.8 Å². The van der Waals surface area contributed by atoms with Gasteiger partial charge in [0.05, 0.1) is 22.5 Å². The first-order valence-corrected chi connectivity index (χ1v) is 7.21. The molecule has 6 nitrogen and oxygen atoms in total. The van der Waals surface area contributed by atoms with Gasteiger partial charge in [-0.1, -0.05) is 24.3 Å². The van der Waals surface area contributed by atoms with E-state index in [1.165, 1.54) is 4.90 Å². The molecule has 0 fully saturated rings. The number of anilines is 2. The fourth-order valence-electron chi connectivity index (χ4n) is 3.09. The van der Waals surface area contributed by atoms with E-state index in [1.807, 2.05) is 6.07 Å². The van der Waals surface area contributed by atoms with Crippen LogP contribution in [0.1, 0.15) is 26.3 Å². The van der Waals surface area contributed by atoms with E-state index in [0.717, 1.165) is 10.5 Å². The third-order valence-electron chi connectivity index (χ3n) is 4.20. The predicted octanol–water partition coefficient (Wildman–Crippen LogP) is 2.15. The number of imide groups is 1. The number of urea groups is 1. The topological polar surface area (TPSA) is 69.7 Å². The Bertz CT molecular complexity index is 840. The molecule has 0 unspecified atom stereocenters. The van der Waals surface area contributed by atoms with Crippen molar-refractivity contribution >= 4 is 29.2 Å². The van der Waals surface area contributed by atoms with Gasteiger partial charge in [0.15, 0.2) is 0 Å². The Labute approximate surface area is 132 Å². The van der Waals surface area contributed by atoms with Crippen LogP contribution in [0.25, 0.3) is 0 Å². The largest absolute Gasteiger partial charge is 0.334 e. The van der Waals surface area contributed by atoms with Gasteiger partial charge >= 0.3 is 6.03 Å². The maximum Gasteiger partial charge on any atom is 0.321 e. The summed E-state index contributed by atoms with van der Waals surface area (Å²) in [5.74, 6) is -0.725. The van der Waals surface area contributed by atoms with E-state index in [9.17, 15) is 14.4 Å². The second kappa shape index (κ2) is 4.67. The average Bonchev–Trinajstić information content (AvgIpc) is 2.82. The highest BCUT2D eigenvalue weighted by Crippen LogP contribution is 2.38. The normalized spacial score (nSPS) is 16.3. The fraction of sp³-hybridized carbons (Fsp3) is 0.118. The van der Waals surface area contributed by atoms with Crippen LogP contribution in [0.4, 0.5) is 16.2 Å². The minimum atomic E-state index is -0.363. The molecule has 1 N–H and O–H groups in total. The van der Waals surface area contributed by atoms with Gasteiger partial charge in [-0.2, -0.15) is 0 Å². The lowest BCUT2D eigenvalue weighted by Gasteiger charge is -2.30. The van der Waals surface area contributed by atoms with Crippen LogP contribution in [0.5, 0.6) is 0 Å². The van der Waals surface area contributed by atoms with Crippen molar-refractivity contribution in [3.8, 4) is 0 Å². The Hall–Kier alpha value is -3.15. The molecule has 2 aromatic carbocycles. The van der Waals surface area contributed by atoms with Crippen LogP contribution < -0.4 is 15.1 Å². The van der Waals surface area contributed by atoms with Crippen molar-refractivity contribution < 1.29 is 14.4 Å². The van der Waals surface area contributed by atoms with Gasteiger partial charge in [-0.3, -0.25) is 14.5 Å². The van der Waals surface area contributed by atoms with Crippen LogP contribution in [-0.2, 0) is 6.54 Å². The Morgan fingerprint density at radius 1 is 0.913 bits per heavy atom. The zero-order valence-electron chi connectivity index (χ0n) is 12.4. The number of hydrogen-bond acceptors (Lipinski definition) is 3. The Balaban J connectivity index is 1.89. The summed E-state index contributed by atoms with van der Waals surface area (Å²) in [6.45, 7) is 0.371. The molecular weight excluding hydrogens is 294 g/mol. The minimum absolute atomic E-state index is 0.262. The molecule has 2 aromatic rings. The Kier molecular flexibility index (Phi) is 2.74. The smallest absolute Gasteiger partial charge is 0.321 e. The lowest BCUT2D eigenvalue weighted by Crippen LogP contribution is -2.43. The first-order chi connectivity index (χ1) is 11.1. The van der Waals surface area contributed by atoms with E-state index in [-0.39, 0.29) is 17.8 Å². The van der Waals surface area contributed by atoms with Crippen LogP contribution in [0, 0.1) is 0 Å². The molecule has 2 aliphatic rings. The third-order valence-corrected chi connectivity index (χ3v) is 4.20. The first-order valence-electron chi connectivity index (χ1n) is 7.21. The monoisotopic (exact) mass is 307 g/mol. The number of hydrogen-bond donors (Lipinski definition) is 1. The zero-order chi connectivity index (χ0) is 16.1. The molecule has 0 atom stereocenters. The summed E-state index contributed by atoms with van der Waals surface area (Å²) in [5.41, 5.74) is 2.66. The average molecular weight is 307 g/mol. The second-order valence-electron chi connectivity index (χ2n) is 5.49. The number of benzene rings is 2. The number of carbonyl (C=O) groups is 3. The van der Waals surface area contributed by atoms with Crippen molar-refractivity contribution in [2.45, 2.75) is 6.54 Å². The van der Waals surface area contributed by atoms with Gasteiger partial charge in [-0.15, -0.1) is 0 Å². The van der Waals surface area contributed by atoms with E-state index >= 15 is 0 Å².